The zero-order valence-corrected chi connectivity index (χ0v) is 13.5. The monoisotopic (exact) mass is 321 g/mol. The first-order valence-electron chi connectivity index (χ1n) is 7.38. The quantitative estimate of drug-likeness (QED) is 0.866. The maximum Gasteiger partial charge on any atom is 0.188 e. The number of benzene rings is 1. The van der Waals surface area contributed by atoms with Gasteiger partial charge in [-0.05, 0) is 24.7 Å². The lowest BCUT2D eigenvalue weighted by Crippen LogP contribution is -2.44. The molecule has 0 radical (unpaired) electrons. The number of rotatable bonds is 4. The predicted octanol–water partition coefficient (Wildman–Crippen LogP) is 1.50. The van der Waals surface area contributed by atoms with Gasteiger partial charge in [0.2, 0.25) is 0 Å². The molecule has 0 aliphatic carbocycles. The minimum atomic E-state index is -0.230. The summed E-state index contributed by atoms with van der Waals surface area (Å²) >= 11 is 4.38. The third-order valence-corrected chi connectivity index (χ3v) is 4.33. The van der Waals surface area contributed by atoms with E-state index in [1.165, 1.54) is 12.1 Å². The largest absolute Gasteiger partial charge is 0.304 e. The normalized spacial score (nSPS) is 17.0. The van der Waals surface area contributed by atoms with E-state index in [1.807, 2.05) is 10.6 Å². The first kappa shape index (κ1) is 15.5. The minimum absolute atomic E-state index is 0.230. The van der Waals surface area contributed by atoms with Gasteiger partial charge in [0.1, 0.15) is 11.6 Å². The topological polar surface area (TPSA) is 37.2 Å². The zero-order chi connectivity index (χ0) is 15.5. The Kier molecular flexibility index (Phi) is 4.75. The fourth-order valence-electron chi connectivity index (χ4n) is 2.63. The third-order valence-electron chi connectivity index (χ3n) is 4.00. The number of aromatic nitrogens is 3. The van der Waals surface area contributed by atoms with Crippen molar-refractivity contribution in [1.29, 1.82) is 0 Å². The molecule has 1 aliphatic rings. The molecule has 1 aromatic carbocycles. The van der Waals surface area contributed by atoms with Crippen molar-refractivity contribution in [3.05, 3.63) is 41.5 Å². The Morgan fingerprint density at radius 3 is 2.64 bits per heavy atom. The molecule has 0 atom stereocenters. The molecule has 2 heterocycles. The van der Waals surface area contributed by atoms with Crippen molar-refractivity contribution in [3.63, 3.8) is 0 Å². The van der Waals surface area contributed by atoms with Crippen LogP contribution in [0.4, 0.5) is 4.39 Å². The molecule has 1 aliphatic heterocycles. The molecule has 0 bridgehead atoms. The maximum absolute atomic E-state index is 13.3. The van der Waals surface area contributed by atoms with E-state index in [4.69, 9.17) is 0 Å². The van der Waals surface area contributed by atoms with Crippen LogP contribution in [0.15, 0.2) is 29.4 Å². The van der Waals surface area contributed by atoms with Crippen molar-refractivity contribution < 1.29 is 4.39 Å². The van der Waals surface area contributed by atoms with E-state index in [0.717, 1.165) is 44.1 Å². The summed E-state index contributed by atoms with van der Waals surface area (Å²) in [7, 11) is 2.13. The SMILES string of the molecule is CN1CCN(Cc2nnc(S)n2Cc2cccc(F)c2)CC1. The van der Waals surface area contributed by atoms with Gasteiger partial charge in [-0.2, -0.15) is 0 Å². The Hall–Kier alpha value is -1.44. The van der Waals surface area contributed by atoms with Gasteiger partial charge in [-0.1, -0.05) is 12.1 Å². The summed E-state index contributed by atoms with van der Waals surface area (Å²) in [6, 6.07) is 6.60. The van der Waals surface area contributed by atoms with Crippen LogP contribution in [0.5, 0.6) is 0 Å². The van der Waals surface area contributed by atoms with E-state index in [2.05, 4.69) is 39.7 Å². The number of halogens is 1. The molecule has 1 fully saturated rings. The fraction of sp³-hybridized carbons (Fsp3) is 0.467. The number of piperazine rings is 1. The second kappa shape index (κ2) is 6.76. The summed E-state index contributed by atoms with van der Waals surface area (Å²) in [5.41, 5.74) is 0.884. The van der Waals surface area contributed by atoms with Crippen LogP contribution in [0.2, 0.25) is 0 Å². The number of nitrogens with zero attached hydrogens (tertiary/aromatic N) is 5. The lowest BCUT2D eigenvalue weighted by atomic mass is 10.2. The number of thiol groups is 1. The van der Waals surface area contributed by atoms with Gasteiger partial charge in [0.15, 0.2) is 5.16 Å². The lowest BCUT2D eigenvalue weighted by molar-refractivity contribution is 0.144. The van der Waals surface area contributed by atoms with Crippen molar-refractivity contribution in [2.45, 2.75) is 18.2 Å². The van der Waals surface area contributed by atoms with Gasteiger partial charge in [0, 0.05) is 26.2 Å². The summed E-state index contributed by atoms with van der Waals surface area (Å²) in [5, 5.41) is 8.86. The average molecular weight is 321 g/mol. The molecular weight excluding hydrogens is 301 g/mol. The molecule has 7 heteroatoms. The first-order valence-corrected chi connectivity index (χ1v) is 7.83. The van der Waals surface area contributed by atoms with Gasteiger partial charge >= 0.3 is 0 Å². The molecule has 0 N–H and O–H groups in total. The van der Waals surface area contributed by atoms with Gasteiger partial charge < -0.3 is 9.47 Å². The number of hydrogen-bond donors (Lipinski definition) is 1. The van der Waals surface area contributed by atoms with Crippen LogP contribution in [-0.2, 0) is 13.1 Å². The van der Waals surface area contributed by atoms with E-state index in [9.17, 15) is 4.39 Å². The molecule has 0 unspecified atom stereocenters. The van der Waals surface area contributed by atoms with Crippen LogP contribution in [0.1, 0.15) is 11.4 Å². The first-order chi connectivity index (χ1) is 10.6. The highest BCUT2D eigenvalue weighted by Crippen LogP contribution is 2.14. The van der Waals surface area contributed by atoms with Gasteiger partial charge in [0.25, 0.3) is 0 Å². The van der Waals surface area contributed by atoms with Gasteiger partial charge in [-0.15, -0.1) is 22.8 Å². The van der Waals surface area contributed by atoms with E-state index in [-0.39, 0.29) is 5.82 Å². The van der Waals surface area contributed by atoms with E-state index in [0.29, 0.717) is 11.7 Å². The molecular formula is C15H20FN5S. The molecule has 1 saturated heterocycles. The molecule has 2 aromatic rings. The predicted molar refractivity (Wildman–Crippen MR) is 85.6 cm³/mol. The Labute approximate surface area is 135 Å². The standard InChI is InChI=1S/C15H20FN5S/c1-19-5-7-20(8-6-19)11-14-17-18-15(22)21(14)10-12-3-2-4-13(16)9-12/h2-4,9H,5-8,10-11H2,1H3,(H,18,22). The summed E-state index contributed by atoms with van der Waals surface area (Å²) in [6.07, 6.45) is 0. The van der Waals surface area contributed by atoms with Crippen LogP contribution in [-0.4, -0.2) is 57.8 Å². The fourth-order valence-corrected chi connectivity index (χ4v) is 2.86. The maximum atomic E-state index is 13.3. The van der Waals surface area contributed by atoms with E-state index >= 15 is 0 Å². The molecule has 0 spiro atoms. The van der Waals surface area contributed by atoms with E-state index < -0.39 is 0 Å². The Balaban J connectivity index is 1.73. The number of likely N-dealkylation sites (N-methyl/N-ethyl adjacent to an activating group) is 1. The summed E-state index contributed by atoms with van der Waals surface area (Å²) in [4.78, 5) is 4.68. The van der Waals surface area contributed by atoms with Crippen molar-refractivity contribution in [2.75, 3.05) is 33.2 Å². The highest BCUT2D eigenvalue weighted by atomic mass is 32.1. The third kappa shape index (κ3) is 3.66. The highest BCUT2D eigenvalue weighted by Gasteiger charge is 2.18. The molecule has 3 rings (SSSR count). The molecule has 118 valence electrons. The van der Waals surface area contributed by atoms with Crippen LogP contribution < -0.4 is 0 Å². The van der Waals surface area contributed by atoms with Crippen LogP contribution in [0, 0.1) is 5.82 Å². The Morgan fingerprint density at radius 1 is 1.14 bits per heavy atom. The lowest BCUT2D eigenvalue weighted by Gasteiger charge is -2.31. The summed E-state index contributed by atoms with van der Waals surface area (Å²) in [6.45, 7) is 5.44. The molecule has 22 heavy (non-hydrogen) atoms. The summed E-state index contributed by atoms with van der Waals surface area (Å²) < 4.78 is 15.3. The van der Waals surface area contributed by atoms with Gasteiger partial charge in [-0.3, -0.25) is 4.90 Å². The second-order valence-corrected chi connectivity index (χ2v) is 6.11. The summed E-state index contributed by atoms with van der Waals surface area (Å²) in [5.74, 6) is 0.644. The van der Waals surface area contributed by atoms with Crippen molar-refractivity contribution in [3.8, 4) is 0 Å². The van der Waals surface area contributed by atoms with Crippen LogP contribution in [0.25, 0.3) is 0 Å². The van der Waals surface area contributed by atoms with Crippen molar-refractivity contribution >= 4 is 12.6 Å². The number of hydrogen-bond acceptors (Lipinski definition) is 5. The van der Waals surface area contributed by atoms with Crippen LogP contribution >= 0.6 is 12.6 Å². The molecule has 1 aromatic heterocycles. The van der Waals surface area contributed by atoms with Crippen molar-refractivity contribution in [1.82, 2.24) is 24.6 Å². The minimum Gasteiger partial charge on any atom is -0.304 e. The van der Waals surface area contributed by atoms with Crippen molar-refractivity contribution in [2.24, 2.45) is 0 Å². The molecule has 0 saturated carbocycles. The smallest absolute Gasteiger partial charge is 0.188 e. The Bertz CT molecular complexity index is 637. The highest BCUT2D eigenvalue weighted by molar-refractivity contribution is 7.80. The Morgan fingerprint density at radius 2 is 1.91 bits per heavy atom. The van der Waals surface area contributed by atoms with Gasteiger partial charge in [0.05, 0.1) is 13.1 Å². The van der Waals surface area contributed by atoms with Crippen LogP contribution in [0.3, 0.4) is 0 Å². The molecule has 0 amide bonds. The average Bonchev–Trinajstić information content (AvgIpc) is 2.83. The molecule has 5 nitrogen and oxygen atoms in total. The second-order valence-electron chi connectivity index (χ2n) is 5.71. The zero-order valence-electron chi connectivity index (χ0n) is 12.6. The van der Waals surface area contributed by atoms with E-state index in [1.54, 1.807) is 6.07 Å². The van der Waals surface area contributed by atoms with Gasteiger partial charge in [-0.25, -0.2) is 4.39 Å².